The van der Waals surface area contributed by atoms with Gasteiger partial charge in [0, 0.05) is 4.90 Å². The van der Waals surface area contributed by atoms with Crippen molar-refractivity contribution in [2.24, 2.45) is 0 Å². The van der Waals surface area contributed by atoms with E-state index in [1.807, 2.05) is 0 Å². The minimum Gasteiger partial charge on any atom is -0.296 e. The van der Waals surface area contributed by atoms with E-state index in [0.29, 0.717) is 0 Å². The van der Waals surface area contributed by atoms with E-state index in [1.54, 1.807) is 11.8 Å². The summed E-state index contributed by atoms with van der Waals surface area (Å²) >= 11 is 5.21. The second kappa shape index (κ2) is 4.65. The molecule has 0 saturated carbocycles. The lowest BCUT2D eigenvalue weighted by Gasteiger charge is -1.97. The standard InChI is InChI=1S/C7H7S.BrH.Mg/c1-8-7-5-3-2-4-6-7;;/h2-3,5-6H,1H3;1H;/q;;+1/p-1. The summed E-state index contributed by atoms with van der Waals surface area (Å²) < 4.78 is 1.48. The van der Waals surface area contributed by atoms with Crippen molar-refractivity contribution in [1.82, 2.24) is 0 Å². The first-order chi connectivity index (χ1) is 4.86. The molecule has 0 bridgehead atoms. The minimum atomic E-state index is -0.140. The molecule has 0 heterocycles. The van der Waals surface area contributed by atoms with Gasteiger partial charge in [-0.3, -0.25) is 12.9 Å². The molecule has 1 rings (SSSR count). The Labute approximate surface area is 81.4 Å². The van der Waals surface area contributed by atoms with E-state index >= 15 is 0 Å². The van der Waals surface area contributed by atoms with Gasteiger partial charge in [-0.1, -0.05) is 18.2 Å². The zero-order valence-corrected chi connectivity index (χ0v) is 9.62. The van der Waals surface area contributed by atoms with Gasteiger partial charge in [0.1, 0.15) is 0 Å². The van der Waals surface area contributed by atoms with E-state index in [0.717, 1.165) is 0 Å². The highest BCUT2D eigenvalue weighted by molar-refractivity contribution is 9.23. The lowest BCUT2D eigenvalue weighted by molar-refractivity contribution is 1.50. The van der Waals surface area contributed by atoms with Crippen LogP contribution in [0.3, 0.4) is 0 Å². The molecule has 0 aromatic heterocycles. The summed E-state index contributed by atoms with van der Waals surface area (Å²) in [5.74, 6) is 0. The van der Waals surface area contributed by atoms with E-state index in [4.69, 9.17) is 0 Å². The van der Waals surface area contributed by atoms with Crippen molar-refractivity contribution in [2.45, 2.75) is 4.90 Å². The first-order valence-corrected chi connectivity index (χ1v) is 8.89. The van der Waals surface area contributed by atoms with Crippen LogP contribution in [0.2, 0.25) is 0 Å². The van der Waals surface area contributed by atoms with Crippen LogP contribution < -0.4 is 3.69 Å². The molecule has 3 heteroatoms. The summed E-state index contributed by atoms with van der Waals surface area (Å²) in [7, 11) is 0. The third-order valence-corrected chi connectivity index (χ3v) is 4.70. The molecule has 1 aromatic rings. The Morgan fingerprint density at radius 2 is 2.30 bits per heavy atom. The average molecular weight is 227 g/mol. The number of hydrogen-bond acceptors (Lipinski definition) is 1. The molecule has 0 unspecified atom stereocenters. The lowest BCUT2D eigenvalue weighted by atomic mass is 10.4. The molecule has 0 N–H and O–H groups in total. The maximum atomic E-state index is 3.55. The summed E-state index contributed by atoms with van der Waals surface area (Å²) in [6, 6.07) is 8.70. The Morgan fingerprint density at radius 3 is 2.90 bits per heavy atom. The third-order valence-electron chi connectivity index (χ3n) is 1.29. The summed E-state index contributed by atoms with van der Waals surface area (Å²) in [4.78, 5) is 1.37. The van der Waals surface area contributed by atoms with Crippen LogP contribution >= 0.6 is 24.6 Å². The molecule has 0 amide bonds. The van der Waals surface area contributed by atoms with Crippen LogP contribution in [0.4, 0.5) is 0 Å². The molecule has 0 atom stereocenters. The number of thioether (sulfide) groups is 1. The van der Waals surface area contributed by atoms with Gasteiger partial charge >= 0.3 is 18.2 Å². The molecule has 0 spiro atoms. The Kier molecular flexibility index (Phi) is 4.14. The zero-order valence-electron chi connectivity index (χ0n) is 5.80. The number of hydrogen-bond donors (Lipinski definition) is 0. The average Bonchev–Trinajstić information content (AvgIpc) is 2.05. The van der Waals surface area contributed by atoms with Gasteiger partial charge in [-0.2, -0.15) is 3.69 Å². The Hall–Kier alpha value is 0.816. The van der Waals surface area contributed by atoms with Crippen molar-refractivity contribution in [1.29, 1.82) is 0 Å². The van der Waals surface area contributed by atoms with E-state index in [1.165, 1.54) is 8.59 Å². The van der Waals surface area contributed by atoms with Crippen LogP contribution in [0, 0.1) is 0 Å². The van der Waals surface area contributed by atoms with E-state index in [-0.39, 0.29) is 18.2 Å². The summed E-state index contributed by atoms with van der Waals surface area (Å²) in [5.41, 5.74) is 0. The van der Waals surface area contributed by atoms with Gasteiger partial charge in [-0.25, -0.2) is 0 Å². The first kappa shape index (κ1) is 8.91. The SMILES string of the molecule is CSc1ccc[c]([Mg][Br])c1. The molecule has 0 fully saturated rings. The fourth-order valence-corrected chi connectivity index (χ4v) is 2.96. The zero-order chi connectivity index (χ0) is 7.40. The van der Waals surface area contributed by atoms with Crippen molar-refractivity contribution >= 4 is 46.5 Å². The molecule has 0 aliphatic rings. The second-order valence-corrected chi connectivity index (χ2v) is 5.63. The predicted octanol–water partition coefficient (Wildman–Crippen LogP) is 2.05. The van der Waals surface area contributed by atoms with E-state index < -0.39 is 0 Å². The summed E-state index contributed by atoms with van der Waals surface area (Å²) in [6.45, 7) is 0. The Morgan fingerprint density at radius 1 is 1.50 bits per heavy atom. The highest BCUT2D eigenvalue weighted by Crippen LogP contribution is 2.11. The van der Waals surface area contributed by atoms with Gasteiger partial charge < -0.3 is 0 Å². The fourth-order valence-electron chi connectivity index (χ4n) is 0.756. The molecular weight excluding hydrogens is 220 g/mol. The van der Waals surface area contributed by atoms with Crippen molar-refractivity contribution in [3.63, 3.8) is 0 Å². The topological polar surface area (TPSA) is 0 Å². The highest BCUT2D eigenvalue weighted by Gasteiger charge is 1.94. The minimum absolute atomic E-state index is 0.140. The molecular formula is C7H7BrMgS. The smallest absolute Gasteiger partial charge is 0.296 e. The first-order valence-electron chi connectivity index (χ1n) is 3.05. The van der Waals surface area contributed by atoms with Crippen molar-refractivity contribution in [3.8, 4) is 0 Å². The number of benzene rings is 1. The predicted molar refractivity (Wildman–Crippen MR) is 52.5 cm³/mol. The van der Waals surface area contributed by atoms with Crippen LogP contribution in [-0.2, 0) is 0 Å². The lowest BCUT2D eigenvalue weighted by Crippen LogP contribution is -2.06. The molecule has 0 aliphatic carbocycles. The Bertz CT molecular complexity index is 195. The van der Waals surface area contributed by atoms with Crippen molar-refractivity contribution in [2.75, 3.05) is 6.26 Å². The molecule has 0 radical (unpaired) electrons. The van der Waals surface area contributed by atoms with Gasteiger partial charge in [-0.05, 0) is 12.3 Å². The summed E-state index contributed by atoms with van der Waals surface area (Å²) in [5, 5.41) is 0. The Balaban J connectivity index is 2.87. The van der Waals surface area contributed by atoms with Gasteiger partial charge in [0.15, 0.2) is 0 Å². The number of rotatable bonds is 2. The van der Waals surface area contributed by atoms with Crippen LogP contribution in [0.5, 0.6) is 0 Å². The van der Waals surface area contributed by atoms with Gasteiger partial charge in [0.05, 0.1) is 0 Å². The van der Waals surface area contributed by atoms with Gasteiger partial charge in [-0.15, -0.1) is 11.8 Å². The van der Waals surface area contributed by atoms with Crippen LogP contribution in [0.25, 0.3) is 0 Å². The molecule has 0 aliphatic heterocycles. The van der Waals surface area contributed by atoms with E-state index in [9.17, 15) is 0 Å². The summed E-state index contributed by atoms with van der Waals surface area (Å²) in [6.07, 6.45) is 2.11. The largest absolute Gasteiger partial charge is 0.506 e. The monoisotopic (exact) mass is 226 g/mol. The normalized spacial score (nSPS) is 9.00. The maximum Gasteiger partial charge on any atom is 0.506 e. The van der Waals surface area contributed by atoms with Gasteiger partial charge in [0.25, 0.3) is 0 Å². The van der Waals surface area contributed by atoms with Crippen molar-refractivity contribution in [3.05, 3.63) is 24.3 Å². The second-order valence-electron chi connectivity index (χ2n) is 1.99. The quantitative estimate of drug-likeness (QED) is 0.550. The molecule has 10 heavy (non-hydrogen) atoms. The van der Waals surface area contributed by atoms with Crippen LogP contribution in [-0.4, -0.2) is 24.4 Å². The molecule has 0 saturated heterocycles. The molecule has 1 aromatic carbocycles. The highest BCUT2D eigenvalue weighted by atomic mass is 79.9. The van der Waals surface area contributed by atoms with Gasteiger partial charge in [0.2, 0.25) is 0 Å². The maximum absolute atomic E-state index is 3.55. The number of halogens is 1. The van der Waals surface area contributed by atoms with Crippen LogP contribution in [0.15, 0.2) is 29.2 Å². The van der Waals surface area contributed by atoms with Crippen LogP contribution in [0.1, 0.15) is 0 Å². The fraction of sp³-hybridized carbons (Fsp3) is 0.143. The molecule has 0 nitrogen and oxygen atoms in total. The third kappa shape index (κ3) is 2.45. The molecule has 50 valence electrons. The van der Waals surface area contributed by atoms with Crippen molar-refractivity contribution < 1.29 is 0 Å². The van der Waals surface area contributed by atoms with E-state index in [2.05, 4.69) is 43.4 Å².